The van der Waals surface area contributed by atoms with E-state index in [0.29, 0.717) is 0 Å². The molecule has 6 heteroatoms. The summed E-state index contributed by atoms with van der Waals surface area (Å²) in [6, 6.07) is 10.4. The van der Waals surface area contributed by atoms with Crippen LogP contribution < -0.4 is 0 Å². The fourth-order valence-electron chi connectivity index (χ4n) is 3.89. The third kappa shape index (κ3) is 2.57. The molecule has 6 rings (SSSR count). The Labute approximate surface area is 166 Å². The first-order chi connectivity index (χ1) is 14.4. The summed E-state index contributed by atoms with van der Waals surface area (Å²) in [6.45, 7) is 0. The van der Waals surface area contributed by atoms with Gasteiger partial charge in [-0.05, 0) is 41.8 Å². The lowest BCUT2D eigenvalue weighted by Gasteiger charge is -2.01. The highest BCUT2D eigenvalue weighted by molar-refractivity contribution is 6.00. The summed E-state index contributed by atoms with van der Waals surface area (Å²) in [5, 5.41) is 9.88. The molecule has 0 aliphatic heterocycles. The fourth-order valence-corrected chi connectivity index (χ4v) is 3.89. The second kappa shape index (κ2) is 6.24. The van der Waals surface area contributed by atoms with Crippen LogP contribution >= 0.6 is 0 Å². The second-order valence-corrected chi connectivity index (χ2v) is 7.06. The molecule has 4 heterocycles. The van der Waals surface area contributed by atoms with Gasteiger partial charge in [-0.1, -0.05) is 24.3 Å². The van der Waals surface area contributed by atoms with Crippen LogP contribution in [0, 0.1) is 0 Å². The molecule has 0 spiro atoms. The molecule has 1 aromatic carbocycles. The molecule has 2 N–H and O–H groups in total. The maximum Gasteiger partial charge on any atom is 0.116 e. The van der Waals surface area contributed by atoms with Crippen LogP contribution in [0.5, 0.6) is 0 Å². The van der Waals surface area contributed by atoms with Crippen LogP contribution in [0.4, 0.5) is 0 Å². The number of aromatic amines is 2. The molecule has 0 amide bonds. The zero-order valence-corrected chi connectivity index (χ0v) is 15.4. The molecule has 29 heavy (non-hydrogen) atoms. The highest BCUT2D eigenvalue weighted by Crippen LogP contribution is 2.34. The molecule has 0 bridgehead atoms. The van der Waals surface area contributed by atoms with Crippen molar-refractivity contribution < 1.29 is 0 Å². The molecule has 0 saturated carbocycles. The number of fused-ring (bicyclic) bond motifs is 2. The van der Waals surface area contributed by atoms with E-state index < -0.39 is 0 Å². The van der Waals surface area contributed by atoms with Crippen LogP contribution in [0.25, 0.3) is 49.9 Å². The van der Waals surface area contributed by atoms with E-state index in [9.17, 15) is 0 Å². The molecule has 1 aliphatic rings. The summed E-state index contributed by atoms with van der Waals surface area (Å²) >= 11 is 0. The smallest absolute Gasteiger partial charge is 0.116 e. The lowest BCUT2D eigenvalue weighted by molar-refractivity contribution is 1.12. The van der Waals surface area contributed by atoms with Crippen molar-refractivity contribution in [2.75, 3.05) is 0 Å². The predicted molar refractivity (Wildman–Crippen MR) is 114 cm³/mol. The van der Waals surface area contributed by atoms with E-state index in [1.165, 1.54) is 11.9 Å². The van der Waals surface area contributed by atoms with Gasteiger partial charge in [0.15, 0.2) is 0 Å². The first kappa shape index (κ1) is 15.9. The Hall–Kier alpha value is -4.06. The van der Waals surface area contributed by atoms with E-state index in [0.717, 1.165) is 56.4 Å². The molecule has 0 atom stereocenters. The number of nitrogens with one attached hydrogen (secondary N) is 2. The molecular weight excluding hydrogens is 360 g/mol. The minimum absolute atomic E-state index is 0.886. The Morgan fingerprint density at radius 1 is 0.862 bits per heavy atom. The van der Waals surface area contributed by atoms with Gasteiger partial charge in [0, 0.05) is 40.4 Å². The maximum atomic E-state index is 4.62. The third-order valence-electron chi connectivity index (χ3n) is 5.30. The van der Waals surface area contributed by atoms with Gasteiger partial charge in [0.05, 0.1) is 16.9 Å². The maximum absolute atomic E-state index is 4.62. The molecule has 0 saturated heterocycles. The molecule has 5 aromatic rings. The van der Waals surface area contributed by atoms with E-state index in [1.54, 1.807) is 0 Å². The largest absolute Gasteiger partial charge is 0.353 e. The van der Waals surface area contributed by atoms with E-state index in [2.05, 4.69) is 66.6 Å². The van der Waals surface area contributed by atoms with E-state index >= 15 is 0 Å². The summed E-state index contributed by atoms with van der Waals surface area (Å²) in [7, 11) is 0. The van der Waals surface area contributed by atoms with Crippen LogP contribution in [-0.2, 0) is 0 Å². The average Bonchev–Trinajstić information content (AvgIpc) is 3.52. The predicted octanol–water partition coefficient (Wildman–Crippen LogP) is 4.91. The number of hydrogen-bond acceptors (Lipinski definition) is 4. The molecule has 4 aromatic heterocycles. The number of aromatic nitrogens is 6. The highest BCUT2D eigenvalue weighted by Gasteiger charge is 2.15. The van der Waals surface area contributed by atoms with Crippen molar-refractivity contribution in [3.63, 3.8) is 0 Å². The van der Waals surface area contributed by atoms with Crippen LogP contribution in [-0.4, -0.2) is 30.1 Å². The molecule has 0 radical (unpaired) electrons. The lowest BCUT2D eigenvalue weighted by atomic mass is 10.0. The summed E-state index contributed by atoms with van der Waals surface area (Å²) in [5.74, 6) is 0. The molecule has 0 unspecified atom stereocenters. The summed E-state index contributed by atoms with van der Waals surface area (Å²) < 4.78 is 0. The first-order valence-electron chi connectivity index (χ1n) is 9.45. The standard InChI is InChI=1S/C23H16N6/c1-2-4-14(3-1)22-18-10-21(27-19(18)7-8-26-22)23-17-9-15(5-6-20(17)28-29-23)16-11-24-13-25-12-16/h1,3-13,27H,2H2,(H,28,29). The zero-order chi connectivity index (χ0) is 19.2. The van der Waals surface area contributed by atoms with Crippen LogP contribution in [0.15, 0.2) is 73.5 Å². The van der Waals surface area contributed by atoms with Crippen molar-refractivity contribution in [3.8, 4) is 22.5 Å². The van der Waals surface area contributed by atoms with Crippen molar-refractivity contribution in [1.29, 1.82) is 0 Å². The van der Waals surface area contributed by atoms with Crippen molar-refractivity contribution in [3.05, 3.63) is 79.2 Å². The van der Waals surface area contributed by atoms with Gasteiger partial charge in [-0.2, -0.15) is 5.10 Å². The summed E-state index contributed by atoms with van der Waals surface area (Å²) in [4.78, 5) is 16.4. The Kier molecular flexibility index (Phi) is 3.43. The molecule has 0 fully saturated rings. The Balaban J connectivity index is 1.52. The van der Waals surface area contributed by atoms with Crippen molar-refractivity contribution in [1.82, 2.24) is 30.1 Å². The van der Waals surface area contributed by atoms with Crippen LogP contribution in [0.3, 0.4) is 0 Å². The Morgan fingerprint density at radius 2 is 1.76 bits per heavy atom. The third-order valence-corrected chi connectivity index (χ3v) is 5.30. The van der Waals surface area contributed by atoms with E-state index in [1.807, 2.05) is 30.7 Å². The second-order valence-electron chi connectivity index (χ2n) is 7.06. The SMILES string of the molecule is C1=CC(c2nccc3[nH]c(-c4n[nH]c5ccc(-c6cncnc6)cc45)cc23)=CC1. The number of benzene rings is 1. The van der Waals surface area contributed by atoms with Gasteiger partial charge in [0.2, 0.25) is 0 Å². The van der Waals surface area contributed by atoms with Crippen molar-refractivity contribution in [2.45, 2.75) is 6.42 Å². The summed E-state index contributed by atoms with van der Waals surface area (Å²) in [5.41, 5.74) is 8.08. The first-order valence-corrected chi connectivity index (χ1v) is 9.45. The monoisotopic (exact) mass is 376 g/mol. The number of hydrogen-bond donors (Lipinski definition) is 2. The molecule has 6 nitrogen and oxygen atoms in total. The van der Waals surface area contributed by atoms with Crippen molar-refractivity contribution in [2.24, 2.45) is 0 Å². The quantitative estimate of drug-likeness (QED) is 0.469. The number of pyridine rings is 1. The van der Waals surface area contributed by atoms with Gasteiger partial charge in [-0.3, -0.25) is 10.1 Å². The van der Waals surface area contributed by atoms with Crippen LogP contribution in [0.1, 0.15) is 12.1 Å². The number of rotatable bonds is 3. The minimum Gasteiger partial charge on any atom is -0.353 e. The van der Waals surface area contributed by atoms with Crippen molar-refractivity contribution >= 4 is 27.4 Å². The number of nitrogens with zero attached hydrogens (tertiary/aromatic N) is 4. The Bertz CT molecular complexity index is 1420. The van der Waals surface area contributed by atoms with Gasteiger partial charge in [0.25, 0.3) is 0 Å². The molecule has 138 valence electrons. The van der Waals surface area contributed by atoms with Gasteiger partial charge < -0.3 is 4.98 Å². The molecular formula is C23H16N6. The average molecular weight is 376 g/mol. The topological polar surface area (TPSA) is 83.1 Å². The van der Waals surface area contributed by atoms with Gasteiger partial charge >= 0.3 is 0 Å². The van der Waals surface area contributed by atoms with E-state index in [4.69, 9.17) is 0 Å². The van der Waals surface area contributed by atoms with Gasteiger partial charge in [0.1, 0.15) is 12.0 Å². The van der Waals surface area contributed by atoms with Gasteiger partial charge in [-0.15, -0.1) is 0 Å². The fraction of sp³-hybridized carbons (Fsp3) is 0.0435. The number of allylic oxidation sites excluding steroid dienone is 4. The van der Waals surface area contributed by atoms with Gasteiger partial charge in [-0.25, -0.2) is 9.97 Å². The Morgan fingerprint density at radius 3 is 2.62 bits per heavy atom. The number of H-pyrrole nitrogens is 2. The van der Waals surface area contributed by atoms with Crippen LogP contribution in [0.2, 0.25) is 0 Å². The van der Waals surface area contributed by atoms with E-state index in [-0.39, 0.29) is 0 Å². The normalized spacial score (nSPS) is 13.4. The molecule has 1 aliphatic carbocycles. The highest BCUT2D eigenvalue weighted by atomic mass is 15.1. The lowest BCUT2D eigenvalue weighted by Crippen LogP contribution is -1.85. The minimum atomic E-state index is 0.886. The zero-order valence-electron chi connectivity index (χ0n) is 15.4. The summed E-state index contributed by atoms with van der Waals surface area (Å²) in [6.07, 6.45) is 14.5.